The Balaban J connectivity index is 2.25. The van der Waals surface area contributed by atoms with Crippen molar-refractivity contribution in [2.24, 2.45) is 5.92 Å². The molecule has 1 atom stereocenters. The number of carbonyl (C=O) groups is 1. The van der Waals surface area contributed by atoms with Gasteiger partial charge < -0.3 is 14.3 Å². The van der Waals surface area contributed by atoms with Gasteiger partial charge in [0.1, 0.15) is 6.29 Å². The lowest BCUT2D eigenvalue weighted by Gasteiger charge is -2.22. The van der Waals surface area contributed by atoms with Crippen molar-refractivity contribution in [3.05, 3.63) is 0 Å². The number of hydrogen-bond donors (Lipinski definition) is 0. The summed E-state index contributed by atoms with van der Waals surface area (Å²) in [6, 6.07) is 0. The lowest BCUT2D eigenvalue weighted by atomic mass is 10.0. The molecule has 0 N–H and O–H groups in total. The predicted molar refractivity (Wildman–Crippen MR) is 44.8 cm³/mol. The van der Waals surface area contributed by atoms with Crippen LogP contribution in [-0.2, 0) is 14.3 Å². The van der Waals surface area contributed by atoms with E-state index in [-0.39, 0.29) is 5.92 Å². The molecule has 70 valence electrons. The lowest BCUT2D eigenvalue weighted by molar-refractivity contribution is -0.149. The molecule has 0 aliphatic carbocycles. The molecule has 1 aliphatic rings. The molecule has 1 heterocycles. The summed E-state index contributed by atoms with van der Waals surface area (Å²) >= 11 is 0. The third-order valence-corrected chi connectivity index (χ3v) is 2.18. The van der Waals surface area contributed by atoms with E-state index >= 15 is 0 Å². The van der Waals surface area contributed by atoms with Crippen LogP contribution in [0.1, 0.15) is 26.7 Å². The van der Waals surface area contributed by atoms with Crippen LogP contribution in [0.2, 0.25) is 0 Å². The van der Waals surface area contributed by atoms with Crippen molar-refractivity contribution in [1.82, 2.24) is 0 Å². The molecule has 1 rings (SSSR count). The predicted octanol–water partition coefficient (Wildman–Crippen LogP) is 1.36. The molecular formula is C9H16O3. The molecule has 0 radical (unpaired) electrons. The lowest BCUT2D eigenvalue weighted by Crippen LogP contribution is -2.26. The summed E-state index contributed by atoms with van der Waals surface area (Å²) in [5.41, 5.74) is 0. The van der Waals surface area contributed by atoms with E-state index in [0.29, 0.717) is 13.2 Å². The van der Waals surface area contributed by atoms with Gasteiger partial charge in [-0.25, -0.2) is 0 Å². The summed E-state index contributed by atoms with van der Waals surface area (Å²) in [5.74, 6) is -0.327. The van der Waals surface area contributed by atoms with Crippen LogP contribution in [0.3, 0.4) is 0 Å². The summed E-state index contributed by atoms with van der Waals surface area (Å²) in [7, 11) is 0. The van der Waals surface area contributed by atoms with Gasteiger partial charge in [0.25, 0.3) is 0 Å². The Bertz CT molecular complexity index is 150. The van der Waals surface area contributed by atoms with E-state index in [0.717, 1.165) is 19.1 Å². The van der Waals surface area contributed by atoms with Crippen molar-refractivity contribution in [3.63, 3.8) is 0 Å². The van der Waals surface area contributed by atoms with E-state index in [2.05, 4.69) is 0 Å². The second-order valence-corrected chi connectivity index (χ2v) is 3.48. The highest BCUT2D eigenvalue weighted by atomic mass is 16.7. The maximum Gasteiger partial charge on any atom is 0.165 e. The first-order chi connectivity index (χ1) is 5.66. The maximum atomic E-state index is 10.3. The zero-order chi connectivity index (χ0) is 9.03. The Hall–Kier alpha value is -0.410. The highest BCUT2D eigenvalue weighted by Crippen LogP contribution is 2.25. The molecule has 0 aromatic heterocycles. The van der Waals surface area contributed by atoms with Crippen molar-refractivity contribution in [1.29, 1.82) is 0 Å². The van der Waals surface area contributed by atoms with Crippen LogP contribution in [0.4, 0.5) is 0 Å². The number of carbonyl (C=O) groups excluding carboxylic acids is 1. The summed E-state index contributed by atoms with van der Waals surface area (Å²) in [5, 5.41) is 0. The Morgan fingerprint density at radius 2 is 2.08 bits per heavy atom. The molecular weight excluding hydrogens is 156 g/mol. The van der Waals surface area contributed by atoms with Gasteiger partial charge in [-0.15, -0.1) is 0 Å². The topological polar surface area (TPSA) is 35.5 Å². The van der Waals surface area contributed by atoms with E-state index in [1.165, 1.54) is 0 Å². The zero-order valence-corrected chi connectivity index (χ0v) is 7.71. The Morgan fingerprint density at radius 3 is 2.58 bits per heavy atom. The maximum absolute atomic E-state index is 10.3. The average molecular weight is 172 g/mol. The van der Waals surface area contributed by atoms with Crippen molar-refractivity contribution >= 4 is 6.29 Å². The van der Waals surface area contributed by atoms with Crippen LogP contribution in [0.15, 0.2) is 0 Å². The third kappa shape index (κ3) is 2.57. The van der Waals surface area contributed by atoms with Gasteiger partial charge in [0.15, 0.2) is 5.79 Å². The summed E-state index contributed by atoms with van der Waals surface area (Å²) < 4.78 is 10.8. The van der Waals surface area contributed by atoms with Gasteiger partial charge in [0.05, 0.1) is 13.2 Å². The monoisotopic (exact) mass is 172 g/mol. The van der Waals surface area contributed by atoms with Crippen molar-refractivity contribution in [3.8, 4) is 0 Å². The summed E-state index contributed by atoms with van der Waals surface area (Å²) in [6.45, 7) is 5.18. The van der Waals surface area contributed by atoms with Gasteiger partial charge in [0.2, 0.25) is 0 Å². The number of ether oxygens (including phenoxy) is 2. The fourth-order valence-corrected chi connectivity index (χ4v) is 1.26. The third-order valence-electron chi connectivity index (χ3n) is 2.18. The van der Waals surface area contributed by atoms with Crippen LogP contribution >= 0.6 is 0 Å². The van der Waals surface area contributed by atoms with Gasteiger partial charge in [0, 0.05) is 12.3 Å². The molecule has 0 aromatic rings. The SMILES string of the molecule is C[C@@H](C=O)CCC1(C)OCCO1. The molecule has 0 saturated carbocycles. The molecule has 0 aromatic carbocycles. The van der Waals surface area contributed by atoms with Crippen LogP contribution in [0.25, 0.3) is 0 Å². The number of aldehydes is 1. The average Bonchev–Trinajstić information content (AvgIpc) is 2.49. The fraction of sp³-hybridized carbons (Fsp3) is 0.889. The number of hydrogen-bond acceptors (Lipinski definition) is 3. The molecule has 0 bridgehead atoms. The Morgan fingerprint density at radius 1 is 1.50 bits per heavy atom. The first kappa shape index (κ1) is 9.68. The van der Waals surface area contributed by atoms with E-state index in [1.807, 2.05) is 13.8 Å². The van der Waals surface area contributed by atoms with Crippen molar-refractivity contribution < 1.29 is 14.3 Å². The minimum atomic E-state index is -0.433. The second-order valence-electron chi connectivity index (χ2n) is 3.48. The number of rotatable bonds is 4. The Kier molecular flexibility index (Phi) is 3.23. The van der Waals surface area contributed by atoms with Crippen LogP contribution in [0, 0.1) is 5.92 Å². The minimum Gasteiger partial charge on any atom is -0.348 e. The fourth-order valence-electron chi connectivity index (χ4n) is 1.26. The molecule has 3 nitrogen and oxygen atoms in total. The largest absolute Gasteiger partial charge is 0.348 e. The quantitative estimate of drug-likeness (QED) is 0.601. The molecule has 0 spiro atoms. The van der Waals surface area contributed by atoms with E-state index in [4.69, 9.17) is 9.47 Å². The Labute approximate surface area is 73.0 Å². The van der Waals surface area contributed by atoms with Gasteiger partial charge in [-0.2, -0.15) is 0 Å². The highest BCUT2D eigenvalue weighted by molar-refractivity contribution is 5.52. The van der Waals surface area contributed by atoms with Crippen LogP contribution < -0.4 is 0 Å². The van der Waals surface area contributed by atoms with Crippen molar-refractivity contribution in [2.45, 2.75) is 32.5 Å². The first-order valence-electron chi connectivity index (χ1n) is 4.39. The highest BCUT2D eigenvalue weighted by Gasteiger charge is 2.30. The molecule has 0 amide bonds. The van der Waals surface area contributed by atoms with Crippen LogP contribution in [0.5, 0.6) is 0 Å². The van der Waals surface area contributed by atoms with Gasteiger partial charge >= 0.3 is 0 Å². The molecule has 3 heteroatoms. The van der Waals surface area contributed by atoms with E-state index < -0.39 is 5.79 Å². The normalized spacial score (nSPS) is 23.8. The smallest absolute Gasteiger partial charge is 0.165 e. The summed E-state index contributed by atoms with van der Waals surface area (Å²) in [4.78, 5) is 10.3. The van der Waals surface area contributed by atoms with Gasteiger partial charge in [-0.05, 0) is 13.3 Å². The standard InChI is InChI=1S/C9H16O3/c1-8(7-10)3-4-9(2)11-5-6-12-9/h7-8H,3-6H2,1-2H3/t8-/m1/s1. The zero-order valence-electron chi connectivity index (χ0n) is 7.71. The van der Waals surface area contributed by atoms with Gasteiger partial charge in [-0.3, -0.25) is 0 Å². The molecule has 1 saturated heterocycles. The van der Waals surface area contributed by atoms with Crippen molar-refractivity contribution in [2.75, 3.05) is 13.2 Å². The van der Waals surface area contributed by atoms with E-state index in [1.54, 1.807) is 0 Å². The van der Waals surface area contributed by atoms with Crippen LogP contribution in [-0.4, -0.2) is 25.3 Å². The molecule has 0 unspecified atom stereocenters. The van der Waals surface area contributed by atoms with E-state index in [9.17, 15) is 4.79 Å². The molecule has 1 aliphatic heterocycles. The minimum absolute atomic E-state index is 0.106. The second kappa shape index (κ2) is 4.01. The summed E-state index contributed by atoms with van der Waals surface area (Å²) in [6.07, 6.45) is 2.60. The molecule has 12 heavy (non-hydrogen) atoms. The first-order valence-corrected chi connectivity index (χ1v) is 4.39. The molecule has 1 fully saturated rings. The van der Waals surface area contributed by atoms with Gasteiger partial charge in [-0.1, -0.05) is 6.92 Å².